The van der Waals surface area contributed by atoms with Crippen LogP contribution in [0.2, 0.25) is 0 Å². The standard InChI is InChI=1S/C12H25NO2/c1-2-3-4-5-6-7-8-10(14)12(13)11-9-15-11/h10-12,14H,2-9,13H2,1H3. The van der Waals surface area contributed by atoms with Gasteiger partial charge in [0, 0.05) is 0 Å². The monoisotopic (exact) mass is 215 g/mol. The topological polar surface area (TPSA) is 58.8 Å². The van der Waals surface area contributed by atoms with Crippen molar-refractivity contribution in [3.63, 3.8) is 0 Å². The van der Waals surface area contributed by atoms with Gasteiger partial charge in [-0.3, -0.25) is 0 Å². The van der Waals surface area contributed by atoms with E-state index in [2.05, 4.69) is 6.92 Å². The van der Waals surface area contributed by atoms with E-state index < -0.39 is 0 Å². The summed E-state index contributed by atoms with van der Waals surface area (Å²) >= 11 is 0. The number of epoxide rings is 1. The first-order valence-electron chi connectivity index (χ1n) is 6.31. The Hall–Kier alpha value is -0.120. The van der Waals surface area contributed by atoms with Gasteiger partial charge in [0.1, 0.15) is 0 Å². The second-order valence-corrected chi connectivity index (χ2v) is 4.57. The van der Waals surface area contributed by atoms with Gasteiger partial charge in [-0.2, -0.15) is 0 Å². The zero-order chi connectivity index (χ0) is 11.1. The number of aliphatic hydroxyl groups excluding tert-OH is 1. The molecule has 0 aromatic rings. The molecule has 0 radical (unpaired) electrons. The van der Waals surface area contributed by atoms with Crippen LogP contribution in [0.5, 0.6) is 0 Å². The summed E-state index contributed by atoms with van der Waals surface area (Å²) in [6.45, 7) is 2.95. The quantitative estimate of drug-likeness (QED) is 0.455. The fraction of sp³-hybridized carbons (Fsp3) is 1.00. The van der Waals surface area contributed by atoms with Gasteiger partial charge in [-0.1, -0.05) is 45.4 Å². The molecule has 3 N–H and O–H groups in total. The maximum absolute atomic E-state index is 9.73. The Kier molecular flexibility index (Phi) is 6.22. The van der Waals surface area contributed by atoms with Crippen LogP contribution in [0.25, 0.3) is 0 Å². The van der Waals surface area contributed by atoms with E-state index in [9.17, 15) is 5.11 Å². The molecule has 0 spiro atoms. The molecule has 3 atom stereocenters. The maximum Gasteiger partial charge on any atom is 0.0985 e. The summed E-state index contributed by atoms with van der Waals surface area (Å²) in [7, 11) is 0. The fourth-order valence-electron chi connectivity index (χ4n) is 1.85. The smallest absolute Gasteiger partial charge is 0.0985 e. The van der Waals surface area contributed by atoms with E-state index in [0.717, 1.165) is 19.4 Å². The molecule has 1 rings (SSSR count). The Morgan fingerprint density at radius 3 is 2.47 bits per heavy atom. The predicted molar refractivity (Wildman–Crippen MR) is 61.7 cm³/mol. The number of nitrogens with two attached hydrogens (primary N) is 1. The number of unbranched alkanes of at least 4 members (excludes halogenated alkanes) is 5. The molecule has 0 bridgehead atoms. The van der Waals surface area contributed by atoms with Crippen LogP contribution >= 0.6 is 0 Å². The highest BCUT2D eigenvalue weighted by molar-refractivity contribution is 4.87. The SMILES string of the molecule is CCCCCCCCC(O)C(N)C1CO1. The van der Waals surface area contributed by atoms with Crippen molar-refractivity contribution in [2.45, 2.75) is 70.1 Å². The van der Waals surface area contributed by atoms with E-state index in [4.69, 9.17) is 10.5 Å². The second kappa shape index (κ2) is 7.20. The zero-order valence-corrected chi connectivity index (χ0v) is 9.82. The molecule has 1 aliphatic rings. The minimum atomic E-state index is -0.372. The van der Waals surface area contributed by atoms with Gasteiger partial charge in [0.05, 0.1) is 24.9 Å². The van der Waals surface area contributed by atoms with Gasteiger partial charge in [0.15, 0.2) is 0 Å². The van der Waals surface area contributed by atoms with E-state index in [1.54, 1.807) is 0 Å². The normalized spacial score (nSPS) is 23.8. The van der Waals surface area contributed by atoms with Gasteiger partial charge in [-0.15, -0.1) is 0 Å². The molecule has 0 aromatic heterocycles. The van der Waals surface area contributed by atoms with Crippen molar-refractivity contribution in [3.05, 3.63) is 0 Å². The van der Waals surface area contributed by atoms with E-state index in [0.29, 0.717) is 0 Å². The van der Waals surface area contributed by atoms with Gasteiger partial charge in [0.2, 0.25) is 0 Å². The molecule has 3 nitrogen and oxygen atoms in total. The predicted octanol–water partition coefficient (Wildman–Crippen LogP) is 1.82. The third-order valence-electron chi connectivity index (χ3n) is 3.09. The van der Waals surface area contributed by atoms with Crippen LogP contribution in [-0.4, -0.2) is 30.0 Å². The molecule has 0 amide bonds. The number of hydrogen-bond donors (Lipinski definition) is 2. The van der Waals surface area contributed by atoms with E-state index in [1.165, 1.54) is 32.1 Å². The van der Waals surface area contributed by atoms with Crippen LogP contribution < -0.4 is 5.73 Å². The minimum absolute atomic E-state index is 0.125. The Labute approximate surface area is 93.0 Å². The van der Waals surface area contributed by atoms with Crippen molar-refractivity contribution in [3.8, 4) is 0 Å². The van der Waals surface area contributed by atoms with Crippen LogP contribution in [0.4, 0.5) is 0 Å². The van der Waals surface area contributed by atoms with Crippen molar-refractivity contribution >= 4 is 0 Å². The molecular formula is C12H25NO2. The number of rotatable bonds is 9. The summed E-state index contributed by atoms with van der Waals surface area (Å²) in [5, 5.41) is 9.73. The largest absolute Gasteiger partial charge is 0.391 e. The Balaban J connectivity index is 1.89. The molecule has 1 fully saturated rings. The van der Waals surface area contributed by atoms with E-state index in [-0.39, 0.29) is 18.2 Å². The van der Waals surface area contributed by atoms with E-state index in [1.807, 2.05) is 0 Å². The number of ether oxygens (including phenoxy) is 1. The van der Waals surface area contributed by atoms with Crippen LogP contribution in [0.1, 0.15) is 51.9 Å². The summed E-state index contributed by atoms with van der Waals surface area (Å²) in [5.41, 5.74) is 5.81. The maximum atomic E-state index is 9.73. The molecule has 1 saturated heterocycles. The summed E-state index contributed by atoms with van der Waals surface area (Å²) in [6.07, 6.45) is 8.11. The van der Waals surface area contributed by atoms with Gasteiger partial charge in [-0.05, 0) is 6.42 Å². The van der Waals surface area contributed by atoms with Crippen LogP contribution in [0, 0.1) is 0 Å². The molecular weight excluding hydrogens is 190 g/mol. The average Bonchev–Trinajstić information content (AvgIpc) is 3.05. The first-order valence-corrected chi connectivity index (χ1v) is 6.31. The van der Waals surface area contributed by atoms with Crippen LogP contribution in [0.15, 0.2) is 0 Å². The van der Waals surface area contributed by atoms with Crippen molar-refractivity contribution < 1.29 is 9.84 Å². The zero-order valence-electron chi connectivity index (χ0n) is 9.82. The van der Waals surface area contributed by atoms with Gasteiger partial charge in [-0.25, -0.2) is 0 Å². The molecule has 3 unspecified atom stereocenters. The molecule has 0 aliphatic carbocycles. The Morgan fingerprint density at radius 2 is 1.87 bits per heavy atom. The lowest BCUT2D eigenvalue weighted by Crippen LogP contribution is -2.39. The first kappa shape index (κ1) is 12.9. The third-order valence-corrected chi connectivity index (χ3v) is 3.09. The Morgan fingerprint density at radius 1 is 1.27 bits per heavy atom. The number of aliphatic hydroxyl groups is 1. The molecule has 3 heteroatoms. The number of hydrogen-bond acceptors (Lipinski definition) is 3. The van der Waals surface area contributed by atoms with Gasteiger partial charge >= 0.3 is 0 Å². The highest BCUT2D eigenvalue weighted by Gasteiger charge is 2.34. The van der Waals surface area contributed by atoms with Gasteiger partial charge < -0.3 is 15.6 Å². The highest BCUT2D eigenvalue weighted by atomic mass is 16.6. The van der Waals surface area contributed by atoms with Crippen molar-refractivity contribution in [1.29, 1.82) is 0 Å². The van der Waals surface area contributed by atoms with Crippen LogP contribution in [-0.2, 0) is 4.74 Å². The molecule has 1 aliphatic heterocycles. The highest BCUT2D eigenvalue weighted by Crippen LogP contribution is 2.18. The summed E-state index contributed by atoms with van der Waals surface area (Å²) in [5.74, 6) is 0. The molecule has 0 saturated carbocycles. The first-order chi connectivity index (χ1) is 7.25. The summed E-state index contributed by atoms with van der Waals surface area (Å²) in [4.78, 5) is 0. The summed E-state index contributed by atoms with van der Waals surface area (Å²) < 4.78 is 5.07. The molecule has 0 aromatic carbocycles. The average molecular weight is 215 g/mol. The molecule has 1 heterocycles. The third kappa shape index (κ3) is 5.50. The van der Waals surface area contributed by atoms with E-state index >= 15 is 0 Å². The van der Waals surface area contributed by atoms with Crippen molar-refractivity contribution in [1.82, 2.24) is 0 Å². The second-order valence-electron chi connectivity index (χ2n) is 4.57. The van der Waals surface area contributed by atoms with Crippen LogP contribution in [0.3, 0.4) is 0 Å². The fourth-order valence-corrected chi connectivity index (χ4v) is 1.85. The lowest BCUT2D eigenvalue weighted by Gasteiger charge is -2.16. The molecule has 15 heavy (non-hydrogen) atoms. The lowest BCUT2D eigenvalue weighted by atomic mass is 10.0. The lowest BCUT2D eigenvalue weighted by molar-refractivity contribution is 0.117. The van der Waals surface area contributed by atoms with Gasteiger partial charge in [0.25, 0.3) is 0 Å². The van der Waals surface area contributed by atoms with Crippen molar-refractivity contribution in [2.75, 3.05) is 6.61 Å². The Bertz CT molecular complexity index is 160. The summed E-state index contributed by atoms with van der Waals surface area (Å²) in [6, 6.07) is -0.166. The minimum Gasteiger partial charge on any atom is -0.391 e. The molecule has 90 valence electrons. The van der Waals surface area contributed by atoms with Crippen molar-refractivity contribution in [2.24, 2.45) is 5.73 Å².